The number of hydrogen-bond donors (Lipinski definition) is 0. The van der Waals surface area contributed by atoms with E-state index in [1.165, 1.54) is 0 Å². The molecule has 0 fully saturated rings. The highest BCUT2D eigenvalue weighted by Crippen LogP contribution is 2.24. The highest BCUT2D eigenvalue weighted by molar-refractivity contribution is 6.09. The van der Waals surface area contributed by atoms with Crippen LogP contribution >= 0.6 is 0 Å². The minimum Gasteiger partial charge on any atom is -0.457 e. The van der Waals surface area contributed by atoms with Gasteiger partial charge in [0, 0.05) is 10.8 Å². The van der Waals surface area contributed by atoms with Crippen LogP contribution in [0.15, 0.2) is 79.1 Å². The fraction of sp³-hybridized carbons (Fsp3) is 0. The molecule has 8 rings (SSSR count). The molecule has 0 amide bonds. The fourth-order valence-corrected chi connectivity index (χ4v) is 3.16. The molecule has 4 heterocycles. The molecule has 4 nitrogen and oxygen atoms in total. The van der Waals surface area contributed by atoms with Gasteiger partial charge in [-0.1, -0.05) is 24.3 Å². The zero-order chi connectivity index (χ0) is 16.3. The fourth-order valence-electron chi connectivity index (χ4n) is 3.16. The lowest BCUT2D eigenvalue weighted by atomic mass is 10.0. The van der Waals surface area contributed by atoms with Gasteiger partial charge in [-0.15, -0.1) is 0 Å². The zero-order valence-corrected chi connectivity index (χ0v) is 12.4. The number of benzene rings is 4. The summed E-state index contributed by atoms with van der Waals surface area (Å²) in [4.78, 5) is 26.0. The topological polar surface area (TPSA) is 60.4 Å². The first-order chi connectivity index (χ1) is 11.7. The van der Waals surface area contributed by atoms with E-state index >= 15 is 0 Å². The van der Waals surface area contributed by atoms with Crippen LogP contribution in [0.25, 0.3) is 43.9 Å². The van der Waals surface area contributed by atoms with Gasteiger partial charge in [-0.25, -0.2) is 0 Å². The molecule has 0 aliphatic rings. The molecule has 0 atom stereocenters. The summed E-state index contributed by atoms with van der Waals surface area (Å²) < 4.78 is 11.7. The van der Waals surface area contributed by atoms with Crippen LogP contribution in [0.5, 0.6) is 0 Å². The Morgan fingerprint density at radius 1 is 0.542 bits per heavy atom. The second-order valence-electron chi connectivity index (χ2n) is 5.69. The van der Waals surface area contributed by atoms with Gasteiger partial charge in [0.05, 0.1) is 10.8 Å². The van der Waals surface area contributed by atoms with Crippen molar-refractivity contribution < 1.29 is 8.83 Å². The molecule has 0 spiro atoms. The number of rotatable bonds is 0. The number of fused-ring (bicyclic) bond motifs is 1. The predicted molar refractivity (Wildman–Crippen MR) is 93.5 cm³/mol. The van der Waals surface area contributed by atoms with E-state index < -0.39 is 0 Å². The summed E-state index contributed by atoms with van der Waals surface area (Å²) in [5, 5.41) is 1.31. The highest BCUT2D eigenvalue weighted by Gasteiger charge is 2.15. The molecule has 8 aromatic rings. The van der Waals surface area contributed by atoms with Crippen molar-refractivity contribution in [1.82, 2.24) is 0 Å². The summed E-state index contributed by atoms with van der Waals surface area (Å²) >= 11 is 0. The first-order valence-corrected chi connectivity index (χ1v) is 7.53. The summed E-state index contributed by atoms with van der Waals surface area (Å²) in [6.07, 6.45) is 0. The second kappa shape index (κ2) is 4.55. The van der Waals surface area contributed by atoms with Crippen molar-refractivity contribution in [1.29, 1.82) is 0 Å². The minimum atomic E-state index is -0.226. The van der Waals surface area contributed by atoms with E-state index in [0.717, 1.165) is 0 Å². The van der Waals surface area contributed by atoms with Crippen molar-refractivity contribution in [2.75, 3.05) is 0 Å². The maximum absolute atomic E-state index is 13.0. The summed E-state index contributed by atoms with van der Waals surface area (Å²) in [7, 11) is 0. The average Bonchev–Trinajstić information content (AvgIpc) is 2.64. The van der Waals surface area contributed by atoms with Crippen molar-refractivity contribution in [2.45, 2.75) is 0 Å². The molecule has 0 N–H and O–H groups in total. The van der Waals surface area contributed by atoms with Crippen molar-refractivity contribution >= 4 is 43.9 Å². The lowest BCUT2D eigenvalue weighted by molar-refractivity contribution is 0.642. The standard InChI is InChI=1S/C20H10O4/c21-19-13-3-1-2-4-14(13)20(22)18-16-10-9-15(17(18)19)23-11-5-7-12(24-16)8-6-11/h1-10H. The minimum absolute atomic E-state index is 0.226. The third-order valence-corrected chi connectivity index (χ3v) is 4.28. The second-order valence-corrected chi connectivity index (χ2v) is 5.69. The van der Waals surface area contributed by atoms with Crippen LogP contribution in [0.4, 0.5) is 0 Å². The van der Waals surface area contributed by atoms with Gasteiger partial charge in [0.1, 0.15) is 22.3 Å². The van der Waals surface area contributed by atoms with Gasteiger partial charge in [-0.05, 0) is 36.4 Å². The Bertz CT molecular complexity index is 1260. The van der Waals surface area contributed by atoms with E-state index in [1.54, 1.807) is 60.7 Å². The first-order valence-electron chi connectivity index (χ1n) is 7.53. The van der Waals surface area contributed by atoms with E-state index in [9.17, 15) is 9.59 Å². The van der Waals surface area contributed by atoms with Crippen LogP contribution in [0.1, 0.15) is 0 Å². The first kappa shape index (κ1) is 13.1. The molecule has 0 aliphatic heterocycles. The Balaban J connectivity index is 2.27. The normalized spacial score (nSPS) is 11.7. The molecule has 4 heteroatoms. The monoisotopic (exact) mass is 314 g/mol. The van der Waals surface area contributed by atoms with Gasteiger partial charge in [-0.2, -0.15) is 0 Å². The molecule has 0 saturated carbocycles. The molecular weight excluding hydrogens is 304 g/mol. The molecule has 4 bridgehead atoms. The molecule has 24 heavy (non-hydrogen) atoms. The molecular formula is C20H10O4. The summed E-state index contributed by atoms with van der Waals surface area (Å²) in [6, 6.07) is 17.2. The lowest BCUT2D eigenvalue weighted by Crippen LogP contribution is -2.13. The van der Waals surface area contributed by atoms with Crippen molar-refractivity contribution in [2.24, 2.45) is 0 Å². The third-order valence-electron chi connectivity index (χ3n) is 4.28. The van der Waals surface area contributed by atoms with E-state index in [1.807, 2.05) is 0 Å². The van der Waals surface area contributed by atoms with Gasteiger partial charge in [0.15, 0.2) is 10.9 Å². The van der Waals surface area contributed by atoms with E-state index in [0.29, 0.717) is 33.1 Å². The summed E-state index contributed by atoms with van der Waals surface area (Å²) in [6.45, 7) is 0. The smallest absolute Gasteiger partial charge is 0.198 e. The molecule has 4 aromatic carbocycles. The van der Waals surface area contributed by atoms with Gasteiger partial charge in [0.2, 0.25) is 0 Å². The Kier molecular flexibility index (Phi) is 2.48. The predicted octanol–water partition coefficient (Wildman–Crippen LogP) is 4.21. The Morgan fingerprint density at radius 3 is 1.38 bits per heavy atom. The Morgan fingerprint density at radius 2 is 0.958 bits per heavy atom. The maximum Gasteiger partial charge on any atom is 0.198 e. The van der Waals surface area contributed by atoms with Crippen molar-refractivity contribution in [3.63, 3.8) is 0 Å². The molecule has 0 unspecified atom stereocenters. The van der Waals surface area contributed by atoms with Crippen LogP contribution in [0, 0.1) is 0 Å². The van der Waals surface area contributed by atoms with Crippen molar-refractivity contribution in [3.05, 3.63) is 81.1 Å². The third kappa shape index (κ3) is 1.68. The molecule has 4 aromatic heterocycles. The van der Waals surface area contributed by atoms with Crippen LogP contribution in [-0.2, 0) is 0 Å². The lowest BCUT2D eigenvalue weighted by Gasteiger charge is -2.04. The molecule has 114 valence electrons. The SMILES string of the molecule is O=c1c2ccccc2c(=O)c2c3ccc(oc4ccc(cc4)o3)c12. The Labute approximate surface area is 134 Å². The van der Waals surface area contributed by atoms with Crippen molar-refractivity contribution in [3.8, 4) is 0 Å². The highest BCUT2D eigenvalue weighted by atomic mass is 16.3. The van der Waals surface area contributed by atoms with E-state index in [-0.39, 0.29) is 21.6 Å². The van der Waals surface area contributed by atoms with Crippen LogP contribution in [0.3, 0.4) is 0 Å². The zero-order valence-electron chi connectivity index (χ0n) is 12.4. The average molecular weight is 314 g/mol. The van der Waals surface area contributed by atoms with Gasteiger partial charge < -0.3 is 8.83 Å². The Hall–Kier alpha value is -3.40. The van der Waals surface area contributed by atoms with Gasteiger partial charge in [0.25, 0.3) is 0 Å². The molecule has 0 saturated heterocycles. The van der Waals surface area contributed by atoms with Gasteiger partial charge >= 0.3 is 0 Å². The quantitative estimate of drug-likeness (QED) is 0.402. The van der Waals surface area contributed by atoms with E-state index in [2.05, 4.69) is 0 Å². The van der Waals surface area contributed by atoms with Gasteiger partial charge in [-0.3, -0.25) is 9.59 Å². The summed E-state index contributed by atoms with van der Waals surface area (Å²) in [5.41, 5.74) is 1.43. The number of hydrogen-bond acceptors (Lipinski definition) is 4. The summed E-state index contributed by atoms with van der Waals surface area (Å²) in [5.74, 6) is 0. The van der Waals surface area contributed by atoms with Crippen LogP contribution in [0.2, 0.25) is 0 Å². The maximum atomic E-state index is 13.0. The van der Waals surface area contributed by atoms with E-state index in [4.69, 9.17) is 8.83 Å². The molecule has 0 radical (unpaired) electrons. The molecule has 0 aliphatic carbocycles. The largest absolute Gasteiger partial charge is 0.457 e. The van der Waals surface area contributed by atoms with Crippen LogP contribution in [-0.4, -0.2) is 0 Å². The van der Waals surface area contributed by atoms with Crippen LogP contribution < -0.4 is 10.9 Å².